The molecule has 0 radical (unpaired) electrons. The zero-order valence-electron chi connectivity index (χ0n) is 20.4. The molecule has 2 N–H and O–H groups in total. The van der Waals surface area contributed by atoms with Gasteiger partial charge in [0, 0.05) is 18.7 Å². The van der Waals surface area contributed by atoms with E-state index in [9.17, 15) is 4.79 Å². The maximum Gasteiger partial charge on any atom is 0.253 e. The van der Waals surface area contributed by atoms with E-state index in [1.807, 2.05) is 60.4 Å². The third-order valence-corrected chi connectivity index (χ3v) is 6.49. The molecule has 0 unspecified atom stereocenters. The van der Waals surface area contributed by atoms with Gasteiger partial charge < -0.3 is 19.9 Å². The number of hydrogen-bond donors (Lipinski definition) is 2. The molecule has 0 aliphatic rings. The lowest BCUT2D eigenvalue weighted by molar-refractivity contribution is 0.395. The molecular weight excluding hydrogens is 454 g/mol. The zero-order valence-corrected chi connectivity index (χ0v) is 21.2. The molecule has 0 atom stereocenters. The number of ether oxygens (including phenoxy) is 1. The number of H-pyrrole nitrogens is 1. The van der Waals surface area contributed by atoms with E-state index in [-0.39, 0.29) is 5.56 Å². The van der Waals surface area contributed by atoms with E-state index in [4.69, 9.17) is 17.0 Å². The number of fused-ring (bicyclic) bond motifs is 1. The van der Waals surface area contributed by atoms with Gasteiger partial charge in [0.05, 0.1) is 19.2 Å². The van der Waals surface area contributed by atoms with Crippen molar-refractivity contribution in [2.24, 2.45) is 0 Å². The monoisotopic (exact) mass is 485 g/mol. The summed E-state index contributed by atoms with van der Waals surface area (Å²) in [5, 5.41) is 5.04. The second-order valence-corrected chi connectivity index (χ2v) is 9.23. The van der Waals surface area contributed by atoms with Crippen LogP contribution < -0.4 is 15.6 Å². The third-order valence-electron chi connectivity index (χ3n) is 6.08. The fourth-order valence-corrected chi connectivity index (χ4v) is 4.51. The van der Waals surface area contributed by atoms with Gasteiger partial charge in [0.2, 0.25) is 0 Å². The number of benzene rings is 3. The Bertz CT molecular complexity index is 1360. The van der Waals surface area contributed by atoms with Crippen LogP contribution >= 0.6 is 12.2 Å². The quantitative estimate of drug-likeness (QED) is 0.333. The Morgan fingerprint density at radius 3 is 2.43 bits per heavy atom. The van der Waals surface area contributed by atoms with Crippen LogP contribution in [0.4, 0.5) is 0 Å². The van der Waals surface area contributed by atoms with Crippen LogP contribution in [0.2, 0.25) is 0 Å². The summed E-state index contributed by atoms with van der Waals surface area (Å²) in [5.74, 6) is 0.806. The zero-order chi connectivity index (χ0) is 24.8. The van der Waals surface area contributed by atoms with E-state index >= 15 is 0 Å². The van der Waals surface area contributed by atoms with Crippen molar-refractivity contribution in [3.63, 3.8) is 0 Å². The van der Waals surface area contributed by atoms with Gasteiger partial charge in [0.25, 0.3) is 5.56 Å². The molecule has 0 spiro atoms. The first-order chi connectivity index (χ1) is 16.9. The maximum atomic E-state index is 13.0. The van der Waals surface area contributed by atoms with E-state index in [0.717, 1.165) is 34.2 Å². The number of aryl methyl sites for hydroxylation is 2. The van der Waals surface area contributed by atoms with Gasteiger partial charge in [-0.3, -0.25) is 4.79 Å². The van der Waals surface area contributed by atoms with E-state index in [1.165, 1.54) is 11.1 Å². The standard InChI is InChI=1S/C29H31N3O2S/c1-20-15-21(2)27-24(16-20)17-25(28(33)31-27)19-32(18-23-9-11-26(34-3)12-10-23)29(35)30-14-13-22-7-5-4-6-8-22/h4-12,15-17H,13-14,18-19H2,1-3H3,(H,30,35)(H,31,33). The Kier molecular flexibility index (Phi) is 7.83. The summed E-state index contributed by atoms with van der Waals surface area (Å²) in [5.41, 5.74) is 6.05. The lowest BCUT2D eigenvalue weighted by Crippen LogP contribution is -2.40. The van der Waals surface area contributed by atoms with Crippen molar-refractivity contribution in [2.75, 3.05) is 13.7 Å². The van der Waals surface area contributed by atoms with Gasteiger partial charge in [0.15, 0.2) is 5.11 Å². The Balaban J connectivity index is 1.57. The van der Waals surface area contributed by atoms with Gasteiger partial charge in [-0.2, -0.15) is 0 Å². The van der Waals surface area contributed by atoms with Gasteiger partial charge >= 0.3 is 0 Å². The van der Waals surface area contributed by atoms with Gasteiger partial charge in [0.1, 0.15) is 5.75 Å². The minimum Gasteiger partial charge on any atom is -0.497 e. The summed E-state index contributed by atoms with van der Waals surface area (Å²) in [7, 11) is 1.66. The molecule has 0 fully saturated rings. The highest BCUT2D eigenvalue weighted by Crippen LogP contribution is 2.20. The molecule has 3 aromatic carbocycles. The number of nitrogens with one attached hydrogen (secondary N) is 2. The molecule has 4 aromatic rings. The van der Waals surface area contributed by atoms with Gasteiger partial charge in [-0.1, -0.05) is 54.1 Å². The first kappa shape index (κ1) is 24.5. The lowest BCUT2D eigenvalue weighted by Gasteiger charge is -2.26. The molecule has 0 aliphatic heterocycles. The highest BCUT2D eigenvalue weighted by atomic mass is 32.1. The molecule has 180 valence electrons. The molecular formula is C29H31N3O2S. The topological polar surface area (TPSA) is 57.4 Å². The number of methoxy groups -OCH3 is 1. The number of nitrogens with zero attached hydrogens (tertiary/aromatic N) is 1. The normalized spacial score (nSPS) is 10.8. The first-order valence-corrected chi connectivity index (χ1v) is 12.2. The van der Waals surface area contributed by atoms with Gasteiger partial charge in [-0.15, -0.1) is 0 Å². The molecule has 0 amide bonds. The van der Waals surface area contributed by atoms with Crippen LogP contribution in [0, 0.1) is 13.8 Å². The van der Waals surface area contributed by atoms with Crippen molar-refractivity contribution in [3.8, 4) is 5.75 Å². The molecule has 6 heteroatoms. The van der Waals surface area contributed by atoms with Crippen LogP contribution in [0.5, 0.6) is 5.75 Å². The van der Waals surface area contributed by atoms with E-state index < -0.39 is 0 Å². The number of hydrogen-bond acceptors (Lipinski definition) is 3. The molecule has 0 saturated heterocycles. The maximum absolute atomic E-state index is 13.0. The number of rotatable bonds is 8. The average molecular weight is 486 g/mol. The number of aromatic nitrogens is 1. The smallest absolute Gasteiger partial charge is 0.253 e. The summed E-state index contributed by atoms with van der Waals surface area (Å²) in [4.78, 5) is 18.1. The molecule has 5 nitrogen and oxygen atoms in total. The Hall–Kier alpha value is -3.64. The van der Waals surface area contributed by atoms with Crippen LogP contribution in [0.25, 0.3) is 10.9 Å². The highest BCUT2D eigenvalue weighted by Gasteiger charge is 2.15. The van der Waals surface area contributed by atoms with Gasteiger partial charge in [-0.05, 0) is 78.8 Å². The number of pyridine rings is 1. The minimum atomic E-state index is -0.0868. The largest absolute Gasteiger partial charge is 0.497 e. The van der Waals surface area contributed by atoms with Crippen LogP contribution in [-0.4, -0.2) is 28.7 Å². The van der Waals surface area contributed by atoms with Crippen molar-refractivity contribution in [3.05, 3.63) is 111 Å². The SMILES string of the molecule is COc1ccc(CN(Cc2cc3cc(C)cc(C)c3[nH]c2=O)C(=S)NCCc2ccccc2)cc1. The lowest BCUT2D eigenvalue weighted by atomic mass is 10.1. The van der Waals surface area contributed by atoms with Crippen molar-refractivity contribution >= 4 is 28.2 Å². The van der Waals surface area contributed by atoms with Crippen molar-refractivity contribution in [2.45, 2.75) is 33.4 Å². The Labute approximate surface area is 211 Å². The van der Waals surface area contributed by atoms with Crippen LogP contribution in [0.15, 0.2) is 77.6 Å². The first-order valence-electron chi connectivity index (χ1n) is 11.8. The van der Waals surface area contributed by atoms with E-state index in [2.05, 4.69) is 41.5 Å². The number of thiocarbonyl (C=S) groups is 1. The fraction of sp³-hybridized carbons (Fsp3) is 0.241. The summed E-state index contributed by atoms with van der Waals surface area (Å²) in [6, 6.07) is 24.4. The molecule has 0 saturated carbocycles. The molecule has 4 rings (SSSR count). The second kappa shape index (κ2) is 11.2. The highest BCUT2D eigenvalue weighted by molar-refractivity contribution is 7.80. The molecule has 35 heavy (non-hydrogen) atoms. The van der Waals surface area contributed by atoms with Gasteiger partial charge in [-0.25, -0.2) is 0 Å². The van der Waals surface area contributed by atoms with Crippen LogP contribution in [0.1, 0.15) is 27.8 Å². The fourth-order valence-electron chi connectivity index (χ4n) is 4.28. The minimum absolute atomic E-state index is 0.0868. The third kappa shape index (κ3) is 6.28. The molecule has 0 bridgehead atoms. The van der Waals surface area contributed by atoms with Crippen molar-refractivity contribution in [1.29, 1.82) is 0 Å². The summed E-state index contributed by atoms with van der Waals surface area (Å²) >= 11 is 5.80. The van der Waals surface area contributed by atoms with Crippen molar-refractivity contribution < 1.29 is 4.74 Å². The summed E-state index contributed by atoms with van der Waals surface area (Å²) in [6.45, 7) is 5.78. The second-order valence-electron chi connectivity index (χ2n) is 8.84. The summed E-state index contributed by atoms with van der Waals surface area (Å²) in [6.07, 6.45) is 0.868. The van der Waals surface area contributed by atoms with Crippen LogP contribution in [-0.2, 0) is 19.5 Å². The average Bonchev–Trinajstić information content (AvgIpc) is 2.85. The predicted octanol–water partition coefficient (Wildman–Crippen LogP) is 5.27. The molecule has 0 aliphatic carbocycles. The predicted molar refractivity (Wildman–Crippen MR) is 147 cm³/mol. The van der Waals surface area contributed by atoms with Crippen molar-refractivity contribution in [1.82, 2.24) is 15.2 Å². The van der Waals surface area contributed by atoms with E-state index in [1.54, 1.807) is 7.11 Å². The molecule has 1 aromatic heterocycles. The molecule has 1 heterocycles. The number of aromatic amines is 1. The summed E-state index contributed by atoms with van der Waals surface area (Å²) < 4.78 is 5.29. The van der Waals surface area contributed by atoms with Crippen LogP contribution in [0.3, 0.4) is 0 Å². The Morgan fingerprint density at radius 1 is 0.971 bits per heavy atom. The Morgan fingerprint density at radius 2 is 1.71 bits per heavy atom. The van der Waals surface area contributed by atoms with E-state index in [0.29, 0.717) is 30.3 Å².